The smallest absolute Gasteiger partial charge is 0.281 e. The van der Waals surface area contributed by atoms with E-state index in [4.69, 9.17) is 16.0 Å². The van der Waals surface area contributed by atoms with Crippen molar-refractivity contribution in [2.24, 2.45) is 5.10 Å². The number of carbonyl (C=O) groups excluding carboxylic acids is 1. The summed E-state index contributed by atoms with van der Waals surface area (Å²) >= 11 is 5.80. The summed E-state index contributed by atoms with van der Waals surface area (Å²) in [7, 11) is 0. The quantitative estimate of drug-likeness (QED) is 0.391. The van der Waals surface area contributed by atoms with E-state index in [1.54, 1.807) is 24.3 Å². The largest absolute Gasteiger partial charge is 0.507 e. The third kappa shape index (κ3) is 4.13. The van der Waals surface area contributed by atoms with Gasteiger partial charge in [-0.15, -0.1) is 0 Å². The van der Waals surface area contributed by atoms with Gasteiger partial charge in [0.05, 0.1) is 22.3 Å². The molecule has 9 heteroatoms. The molecular formula is C18H12ClN3O5. The van der Waals surface area contributed by atoms with Gasteiger partial charge in [-0.05, 0) is 36.4 Å². The molecule has 0 radical (unpaired) electrons. The average molecular weight is 386 g/mol. The van der Waals surface area contributed by atoms with Crippen LogP contribution in [0.1, 0.15) is 16.1 Å². The second kappa shape index (κ2) is 7.71. The van der Waals surface area contributed by atoms with Crippen LogP contribution in [0.3, 0.4) is 0 Å². The van der Waals surface area contributed by atoms with Gasteiger partial charge in [-0.2, -0.15) is 5.10 Å². The van der Waals surface area contributed by atoms with Crippen LogP contribution in [0.15, 0.2) is 64.1 Å². The Hall–Kier alpha value is -3.65. The summed E-state index contributed by atoms with van der Waals surface area (Å²) in [4.78, 5) is 22.6. The van der Waals surface area contributed by atoms with Crippen LogP contribution in [0.4, 0.5) is 5.69 Å². The lowest BCUT2D eigenvalue weighted by atomic mass is 10.1. The Morgan fingerprint density at radius 1 is 1.22 bits per heavy atom. The topological polar surface area (TPSA) is 118 Å². The molecular weight excluding hydrogens is 374 g/mol. The highest BCUT2D eigenvalue weighted by Crippen LogP contribution is 2.33. The van der Waals surface area contributed by atoms with Gasteiger partial charge in [0, 0.05) is 11.1 Å². The first-order valence-corrected chi connectivity index (χ1v) is 7.99. The molecule has 0 atom stereocenters. The predicted molar refractivity (Wildman–Crippen MR) is 99.0 cm³/mol. The summed E-state index contributed by atoms with van der Waals surface area (Å²) in [6.45, 7) is 0. The summed E-state index contributed by atoms with van der Waals surface area (Å²) in [6, 6.07) is 13.4. The van der Waals surface area contributed by atoms with E-state index < -0.39 is 10.8 Å². The van der Waals surface area contributed by atoms with Crippen LogP contribution in [-0.4, -0.2) is 22.2 Å². The minimum atomic E-state index is -0.593. The number of nitrogens with one attached hydrogen (secondary N) is 1. The van der Waals surface area contributed by atoms with E-state index in [1.807, 2.05) is 0 Å². The number of hydrogen-bond donors (Lipinski definition) is 2. The fraction of sp³-hybridized carbons (Fsp3) is 0. The van der Waals surface area contributed by atoms with Crippen LogP contribution in [0, 0.1) is 10.1 Å². The van der Waals surface area contributed by atoms with Crippen molar-refractivity contribution in [3.05, 3.63) is 81.1 Å². The molecule has 0 aliphatic rings. The van der Waals surface area contributed by atoms with Gasteiger partial charge < -0.3 is 9.52 Å². The van der Waals surface area contributed by atoms with E-state index in [0.29, 0.717) is 0 Å². The van der Waals surface area contributed by atoms with Crippen molar-refractivity contribution in [3.8, 4) is 17.1 Å². The van der Waals surface area contributed by atoms with E-state index in [1.165, 1.54) is 36.5 Å². The third-order valence-corrected chi connectivity index (χ3v) is 3.79. The number of nitro groups is 1. The molecule has 8 nitrogen and oxygen atoms in total. The number of phenols is 1. The van der Waals surface area contributed by atoms with Crippen LogP contribution < -0.4 is 5.43 Å². The molecule has 3 aromatic rings. The van der Waals surface area contributed by atoms with Gasteiger partial charge in [-0.3, -0.25) is 14.9 Å². The van der Waals surface area contributed by atoms with Gasteiger partial charge in [-0.25, -0.2) is 5.43 Å². The van der Waals surface area contributed by atoms with E-state index in [-0.39, 0.29) is 39.1 Å². The molecule has 0 unspecified atom stereocenters. The van der Waals surface area contributed by atoms with Gasteiger partial charge in [0.1, 0.15) is 17.3 Å². The van der Waals surface area contributed by atoms with Gasteiger partial charge in [0.25, 0.3) is 11.6 Å². The average Bonchev–Trinajstić information content (AvgIpc) is 3.10. The van der Waals surface area contributed by atoms with Crippen molar-refractivity contribution < 1.29 is 19.2 Å². The molecule has 1 amide bonds. The van der Waals surface area contributed by atoms with Crippen molar-refractivity contribution in [2.75, 3.05) is 0 Å². The Morgan fingerprint density at radius 3 is 2.74 bits per heavy atom. The maximum Gasteiger partial charge on any atom is 0.281 e. The van der Waals surface area contributed by atoms with Crippen LogP contribution in [0.5, 0.6) is 5.75 Å². The number of aromatic hydroxyl groups is 1. The molecule has 0 saturated carbocycles. The third-order valence-electron chi connectivity index (χ3n) is 3.56. The molecule has 0 saturated heterocycles. The number of rotatable bonds is 5. The predicted octanol–water partition coefficient (Wildman–Crippen LogP) is 3.98. The first-order chi connectivity index (χ1) is 13.0. The molecule has 0 spiro atoms. The number of hydrazone groups is 1. The number of nitro benzene ring substituents is 1. The molecule has 2 N–H and O–H groups in total. The summed E-state index contributed by atoms with van der Waals surface area (Å²) in [5.41, 5.74) is 2.41. The van der Waals surface area contributed by atoms with Crippen molar-refractivity contribution in [2.45, 2.75) is 0 Å². The number of halogens is 1. The monoisotopic (exact) mass is 385 g/mol. The lowest BCUT2D eigenvalue weighted by Crippen LogP contribution is -2.17. The van der Waals surface area contributed by atoms with Crippen molar-refractivity contribution >= 4 is 29.4 Å². The minimum absolute atomic E-state index is 0.0755. The molecule has 0 fully saturated rings. The van der Waals surface area contributed by atoms with E-state index >= 15 is 0 Å². The highest BCUT2D eigenvalue weighted by Gasteiger charge is 2.18. The lowest BCUT2D eigenvalue weighted by molar-refractivity contribution is -0.384. The molecule has 0 aliphatic heterocycles. The second-order valence-electron chi connectivity index (χ2n) is 5.34. The maximum atomic E-state index is 11.9. The lowest BCUT2D eigenvalue weighted by Gasteiger charge is -2.01. The second-order valence-corrected chi connectivity index (χ2v) is 5.77. The zero-order valence-corrected chi connectivity index (χ0v) is 14.4. The molecule has 1 aromatic heterocycles. The van der Waals surface area contributed by atoms with E-state index in [2.05, 4.69) is 10.5 Å². The Morgan fingerprint density at radius 2 is 2.00 bits per heavy atom. The fourth-order valence-electron chi connectivity index (χ4n) is 2.31. The number of nitrogens with zero attached hydrogens (tertiary/aromatic N) is 2. The Balaban J connectivity index is 1.75. The van der Waals surface area contributed by atoms with E-state index in [9.17, 15) is 20.0 Å². The standard InChI is InChI=1S/C18H12ClN3O5/c19-11-5-7-13(15(9-11)22(25)26)17-8-6-12(27-17)10-20-21-18(24)14-3-1-2-4-16(14)23/h1-10,23H,(H,21,24). The van der Waals surface area contributed by atoms with Crippen molar-refractivity contribution in [1.29, 1.82) is 0 Å². The van der Waals surface area contributed by atoms with Gasteiger partial charge in [0.2, 0.25) is 0 Å². The van der Waals surface area contributed by atoms with Crippen LogP contribution in [-0.2, 0) is 0 Å². The number of furan rings is 1. The zero-order chi connectivity index (χ0) is 19.4. The summed E-state index contributed by atoms with van der Waals surface area (Å²) in [6.07, 6.45) is 1.24. The summed E-state index contributed by atoms with van der Waals surface area (Å²) in [5.74, 6) is -0.233. The maximum absolute atomic E-state index is 11.9. The number of carbonyl (C=O) groups is 1. The number of hydrogen-bond acceptors (Lipinski definition) is 6. The fourth-order valence-corrected chi connectivity index (χ4v) is 2.48. The minimum Gasteiger partial charge on any atom is -0.507 e. The van der Waals surface area contributed by atoms with Gasteiger partial charge in [-0.1, -0.05) is 23.7 Å². The van der Waals surface area contributed by atoms with Crippen LogP contribution in [0.25, 0.3) is 11.3 Å². The molecule has 136 valence electrons. The van der Waals surface area contributed by atoms with Crippen LogP contribution in [0.2, 0.25) is 5.02 Å². The molecule has 0 bridgehead atoms. The van der Waals surface area contributed by atoms with Gasteiger partial charge in [0.15, 0.2) is 0 Å². The summed E-state index contributed by atoms with van der Waals surface area (Å²) < 4.78 is 5.51. The first kappa shape index (κ1) is 18.2. The summed E-state index contributed by atoms with van der Waals surface area (Å²) in [5, 5.41) is 24.8. The molecule has 3 rings (SSSR count). The number of benzene rings is 2. The molecule has 1 heterocycles. The molecule has 27 heavy (non-hydrogen) atoms. The highest BCUT2D eigenvalue weighted by molar-refractivity contribution is 6.30. The number of para-hydroxylation sites is 1. The van der Waals surface area contributed by atoms with Crippen molar-refractivity contribution in [1.82, 2.24) is 5.43 Å². The Kier molecular flexibility index (Phi) is 5.18. The first-order valence-electron chi connectivity index (χ1n) is 7.61. The normalized spacial score (nSPS) is 10.9. The Bertz CT molecular complexity index is 1040. The van der Waals surface area contributed by atoms with Crippen molar-refractivity contribution in [3.63, 3.8) is 0 Å². The number of phenolic OH excluding ortho intramolecular Hbond substituents is 1. The highest BCUT2D eigenvalue weighted by atomic mass is 35.5. The Labute approximate surface area is 157 Å². The van der Waals surface area contributed by atoms with Gasteiger partial charge >= 0.3 is 0 Å². The molecule has 2 aromatic carbocycles. The zero-order valence-electron chi connectivity index (χ0n) is 13.6. The SMILES string of the molecule is O=C(NN=Cc1ccc(-c2ccc(Cl)cc2[N+](=O)[O-])o1)c1ccccc1O. The van der Waals surface area contributed by atoms with Crippen LogP contribution >= 0.6 is 11.6 Å². The molecule has 0 aliphatic carbocycles. The van der Waals surface area contributed by atoms with E-state index in [0.717, 1.165) is 0 Å². The number of amides is 1.